The second-order valence-electron chi connectivity index (χ2n) is 8.34. The maximum Gasteiger partial charge on any atom is 0.276 e. The van der Waals surface area contributed by atoms with Gasteiger partial charge < -0.3 is 15.0 Å². The summed E-state index contributed by atoms with van der Waals surface area (Å²) in [6.07, 6.45) is 8.17. The molecule has 2 saturated carbocycles. The van der Waals surface area contributed by atoms with Crippen molar-refractivity contribution in [2.45, 2.75) is 76.4 Å². The summed E-state index contributed by atoms with van der Waals surface area (Å²) < 4.78 is 9.45. The molecule has 166 valence electrons. The number of aromatic nitrogens is 2. The second kappa shape index (κ2) is 10.2. The van der Waals surface area contributed by atoms with E-state index in [-0.39, 0.29) is 23.9 Å². The standard InChI is InChI=1S/C23H30N4O3S/c1-2-30-19-13-11-16(12-14-19)21(22(28)24-17-7-3-4-8-17)27(18-9-5-6-10-18)23(29)20-15-31-26-25-20/h11-15,17-18,21H,2-10H2,1H3,(H,24,28). The van der Waals surface area contributed by atoms with Crippen molar-refractivity contribution in [2.75, 3.05) is 6.61 Å². The van der Waals surface area contributed by atoms with Crippen LogP contribution in [0.2, 0.25) is 0 Å². The number of ether oxygens (including phenoxy) is 1. The molecule has 7 nitrogen and oxygen atoms in total. The van der Waals surface area contributed by atoms with Gasteiger partial charge in [-0.05, 0) is 61.8 Å². The minimum Gasteiger partial charge on any atom is -0.494 e. The van der Waals surface area contributed by atoms with E-state index in [0.29, 0.717) is 12.3 Å². The minimum absolute atomic E-state index is 0.0140. The Kier molecular flexibility index (Phi) is 7.17. The van der Waals surface area contributed by atoms with Gasteiger partial charge in [0.1, 0.15) is 11.8 Å². The summed E-state index contributed by atoms with van der Waals surface area (Å²) in [6.45, 7) is 2.52. The molecule has 2 fully saturated rings. The predicted molar refractivity (Wildman–Crippen MR) is 119 cm³/mol. The van der Waals surface area contributed by atoms with Crippen LogP contribution in [0.3, 0.4) is 0 Å². The molecule has 1 aromatic heterocycles. The van der Waals surface area contributed by atoms with Gasteiger partial charge >= 0.3 is 0 Å². The Labute approximate surface area is 187 Å². The van der Waals surface area contributed by atoms with Crippen LogP contribution in [0.5, 0.6) is 5.75 Å². The van der Waals surface area contributed by atoms with Gasteiger partial charge in [-0.15, -0.1) is 5.10 Å². The number of nitrogens with zero attached hydrogens (tertiary/aromatic N) is 3. The van der Waals surface area contributed by atoms with Crippen molar-refractivity contribution in [2.24, 2.45) is 0 Å². The van der Waals surface area contributed by atoms with Gasteiger partial charge in [-0.3, -0.25) is 9.59 Å². The molecule has 1 atom stereocenters. The van der Waals surface area contributed by atoms with Crippen molar-refractivity contribution in [3.05, 3.63) is 40.9 Å². The van der Waals surface area contributed by atoms with Crippen LogP contribution in [0.15, 0.2) is 29.6 Å². The minimum atomic E-state index is -0.700. The lowest BCUT2D eigenvalue weighted by atomic mass is 10.00. The smallest absolute Gasteiger partial charge is 0.276 e. The zero-order valence-corrected chi connectivity index (χ0v) is 18.8. The summed E-state index contributed by atoms with van der Waals surface area (Å²) in [7, 11) is 0. The molecule has 0 radical (unpaired) electrons. The van der Waals surface area contributed by atoms with E-state index in [1.807, 2.05) is 31.2 Å². The van der Waals surface area contributed by atoms with Crippen LogP contribution in [-0.2, 0) is 4.79 Å². The third-order valence-electron chi connectivity index (χ3n) is 6.27. The molecule has 2 aromatic rings. The summed E-state index contributed by atoms with van der Waals surface area (Å²) in [5, 5.41) is 8.90. The zero-order valence-electron chi connectivity index (χ0n) is 18.0. The van der Waals surface area contributed by atoms with E-state index in [9.17, 15) is 9.59 Å². The Morgan fingerprint density at radius 1 is 1.13 bits per heavy atom. The van der Waals surface area contributed by atoms with E-state index in [1.54, 1.807) is 10.3 Å². The van der Waals surface area contributed by atoms with Gasteiger partial charge in [-0.1, -0.05) is 42.3 Å². The molecule has 0 aliphatic heterocycles. The fourth-order valence-electron chi connectivity index (χ4n) is 4.77. The van der Waals surface area contributed by atoms with Crippen LogP contribution in [-0.4, -0.2) is 45.0 Å². The number of hydrogen-bond donors (Lipinski definition) is 1. The van der Waals surface area contributed by atoms with Crippen LogP contribution in [0.25, 0.3) is 0 Å². The molecular weight excluding hydrogens is 412 g/mol. The normalized spacial score (nSPS) is 18.1. The summed E-state index contributed by atoms with van der Waals surface area (Å²) in [4.78, 5) is 28.9. The van der Waals surface area contributed by atoms with Crippen molar-refractivity contribution < 1.29 is 14.3 Å². The number of nitrogens with one attached hydrogen (secondary N) is 1. The molecule has 4 rings (SSSR count). The van der Waals surface area contributed by atoms with Crippen molar-refractivity contribution >= 4 is 23.3 Å². The Balaban J connectivity index is 1.69. The second-order valence-corrected chi connectivity index (χ2v) is 8.95. The average molecular weight is 443 g/mol. The molecule has 0 spiro atoms. The molecule has 1 heterocycles. The van der Waals surface area contributed by atoms with E-state index in [0.717, 1.165) is 74.2 Å². The topological polar surface area (TPSA) is 84.4 Å². The predicted octanol–water partition coefficient (Wildman–Crippen LogP) is 4.12. The summed E-state index contributed by atoms with van der Waals surface area (Å²) in [5.41, 5.74) is 1.10. The largest absolute Gasteiger partial charge is 0.494 e. The number of benzene rings is 1. The molecular formula is C23H30N4O3S. The molecule has 1 aromatic carbocycles. The lowest BCUT2D eigenvalue weighted by molar-refractivity contribution is -0.127. The molecule has 0 bridgehead atoms. The molecule has 8 heteroatoms. The molecule has 2 amide bonds. The number of amides is 2. The maximum absolute atomic E-state index is 13.6. The Morgan fingerprint density at radius 3 is 2.42 bits per heavy atom. The highest BCUT2D eigenvalue weighted by molar-refractivity contribution is 7.03. The van der Waals surface area contributed by atoms with Crippen LogP contribution in [0.1, 0.15) is 80.4 Å². The first-order chi connectivity index (χ1) is 15.2. The first-order valence-corrected chi connectivity index (χ1v) is 12.1. The highest BCUT2D eigenvalue weighted by Gasteiger charge is 2.39. The number of rotatable bonds is 8. The lowest BCUT2D eigenvalue weighted by Gasteiger charge is -2.36. The molecule has 31 heavy (non-hydrogen) atoms. The monoisotopic (exact) mass is 442 g/mol. The fourth-order valence-corrected chi connectivity index (χ4v) is 5.20. The van der Waals surface area contributed by atoms with Crippen LogP contribution < -0.4 is 10.1 Å². The van der Waals surface area contributed by atoms with E-state index < -0.39 is 6.04 Å². The molecule has 1 N–H and O–H groups in total. The zero-order chi connectivity index (χ0) is 21.6. The van der Waals surface area contributed by atoms with Gasteiger partial charge in [0.05, 0.1) is 6.61 Å². The van der Waals surface area contributed by atoms with Crippen LogP contribution >= 0.6 is 11.5 Å². The highest BCUT2D eigenvalue weighted by Crippen LogP contribution is 2.34. The third-order valence-corrected chi connectivity index (χ3v) is 6.77. The lowest BCUT2D eigenvalue weighted by Crippen LogP contribution is -2.49. The summed E-state index contributed by atoms with van der Waals surface area (Å²) in [5.74, 6) is 0.421. The third kappa shape index (κ3) is 5.06. The molecule has 1 unspecified atom stereocenters. The van der Waals surface area contributed by atoms with E-state index in [4.69, 9.17) is 4.74 Å². The number of carbonyl (C=O) groups excluding carboxylic acids is 2. The van der Waals surface area contributed by atoms with Crippen molar-refractivity contribution in [1.82, 2.24) is 19.8 Å². The highest BCUT2D eigenvalue weighted by atomic mass is 32.1. The van der Waals surface area contributed by atoms with Gasteiger partial charge in [0.15, 0.2) is 5.69 Å². The summed E-state index contributed by atoms with van der Waals surface area (Å²) in [6, 6.07) is 7.04. The van der Waals surface area contributed by atoms with Gasteiger partial charge in [0.25, 0.3) is 5.91 Å². The van der Waals surface area contributed by atoms with Crippen molar-refractivity contribution in [3.8, 4) is 5.75 Å². The van der Waals surface area contributed by atoms with E-state index >= 15 is 0 Å². The SMILES string of the molecule is CCOc1ccc(C(C(=O)NC2CCCC2)N(C(=O)c2csnn2)C2CCCC2)cc1. The summed E-state index contributed by atoms with van der Waals surface area (Å²) >= 11 is 1.15. The molecule has 2 aliphatic rings. The van der Waals surface area contributed by atoms with Gasteiger partial charge in [-0.2, -0.15) is 0 Å². The quantitative estimate of drug-likeness (QED) is 0.665. The maximum atomic E-state index is 13.6. The first-order valence-electron chi connectivity index (χ1n) is 11.3. The van der Waals surface area contributed by atoms with Gasteiger partial charge in [0, 0.05) is 17.5 Å². The Bertz CT molecular complexity index is 859. The Morgan fingerprint density at radius 2 is 1.81 bits per heavy atom. The van der Waals surface area contributed by atoms with Crippen molar-refractivity contribution in [1.29, 1.82) is 0 Å². The number of hydrogen-bond acceptors (Lipinski definition) is 6. The van der Waals surface area contributed by atoms with E-state index in [1.165, 1.54) is 0 Å². The van der Waals surface area contributed by atoms with Gasteiger partial charge in [-0.25, -0.2) is 0 Å². The number of carbonyl (C=O) groups is 2. The van der Waals surface area contributed by atoms with Gasteiger partial charge in [0.2, 0.25) is 5.91 Å². The molecule has 0 saturated heterocycles. The van der Waals surface area contributed by atoms with Crippen molar-refractivity contribution in [3.63, 3.8) is 0 Å². The Hall–Kier alpha value is -2.48. The van der Waals surface area contributed by atoms with E-state index in [2.05, 4.69) is 14.9 Å². The molecule has 2 aliphatic carbocycles. The fraction of sp³-hybridized carbons (Fsp3) is 0.565. The average Bonchev–Trinajstić information content (AvgIpc) is 3.56. The van der Waals surface area contributed by atoms with Crippen LogP contribution in [0.4, 0.5) is 0 Å². The first kappa shape index (κ1) is 21.7. The van der Waals surface area contributed by atoms with Crippen LogP contribution in [0, 0.1) is 0 Å².